The Morgan fingerprint density at radius 1 is 1.23 bits per heavy atom. The van der Waals surface area contributed by atoms with Crippen molar-refractivity contribution in [2.24, 2.45) is 11.8 Å². The highest BCUT2D eigenvalue weighted by Gasteiger charge is 2.47. The van der Waals surface area contributed by atoms with E-state index in [0.717, 1.165) is 0 Å². The number of esters is 2. The van der Waals surface area contributed by atoms with Crippen LogP contribution in [0.15, 0.2) is 46.8 Å². The van der Waals surface area contributed by atoms with Gasteiger partial charge in [0.25, 0.3) is 0 Å². The van der Waals surface area contributed by atoms with Crippen molar-refractivity contribution in [1.82, 2.24) is 5.32 Å². The highest BCUT2D eigenvalue weighted by atomic mass is 16.5. The number of dihydropyridines is 1. The minimum atomic E-state index is -0.929. The van der Waals surface area contributed by atoms with Crippen molar-refractivity contribution in [3.05, 3.63) is 52.4 Å². The molecule has 1 aliphatic carbocycles. The molecule has 0 aromatic heterocycles. The van der Waals surface area contributed by atoms with Crippen LogP contribution in [-0.2, 0) is 23.9 Å². The van der Waals surface area contributed by atoms with E-state index in [1.807, 2.05) is 13.8 Å². The van der Waals surface area contributed by atoms with Gasteiger partial charge in [0.1, 0.15) is 11.7 Å². The molecule has 3 rings (SSSR count). The third kappa shape index (κ3) is 3.84. The van der Waals surface area contributed by atoms with Crippen LogP contribution in [0.4, 0.5) is 0 Å². The number of rotatable bonds is 5. The molecule has 0 spiro atoms. The third-order valence-corrected chi connectivity index (χ3v) is 5.63. The number of carbonyl (C=O) groups is 3. The number of hydrogen-bond acceptors (Lipinski definition) is 7. The second-order valence-electron chi connectivity index (χ2n) is 7.76. The molecule has 1 aromatic rings. The molecule has 1 heterocycles. The number of phenols is 1. The first-order valence-electron chi connectivity index (χ1n) is 10.1. The monoisotopic (exact) mass is 413 g/mol. The maximum absolute atomic E-state index is 13.5. The van der Waals surface area contributed by atoms with Gasteiger partial charge in [-0.25, -0.2) is 4.79 Å². The van der Waals surface area contributed by atoms with Gasteiger partial charge in [-0.3, -0.25) is 9.59 Å². The van der Waals surface area contributed by atoms with E-state index in [1.54, 1.807) is 19.1 Å². The van der Waals surface area contributed by atoms with Gasteiger partial charge in [0.15, 0.2) is 5.78 Å². The van der Waals surface area contributed by atoms with Gasteiger partial charge < -0.3 is 19.9 Å². The summed E-state index contributed by atoms with van der Waals surface area (Å²) in [4.78, 5) is 38.8. The fraction of sp³-hybridized carbons (Fsp3) is 0.435. The molecule has 7 nitrogen and oxygen atoms in total. The maximum Gasteiger partial charge on any atom is 0.336 e. The van der Waals surface area contributed by atoms with Gasteiger partial charge in [-0.1, -0.05) is 26.0 Å². The van der Waals surface area contributed by atoms with E-state index in [1.165, 1.54) is 19.2 Å². The van der Waals surface area contributed by atoms with Crippen molar-refractivity contribution in [3.63, 3.8) is 0 Å². The topological polar surface area (TPSA) is 102 Å². The van der Waals surface area contributed by atoms with E-state index in [0.29, 0.717) is 40.9 Å². The number of benzene rings is 1. The van der Waals surface area contributed by atoms with Gasteiger partial charge in [0.05, 0.1) is 19.3 Å². The molecule has 7 heteroatoms. The number of Topliss-reactive ketones (excluding diaryl/α,β-unsaturated/α-hetero) is 1. The molecule has 30 heavy (non-hydrogen) atoms. The molecule has 1 aromatic carbocycles. The molecule has 3 atom stereocenters. The smallest absolute Gasteiger partial charge is 0.336 e. The lowest BCUT2D eigenvalue weighted by Crippen LogP contribution is -2.43. The Hall–Kier alpha value is -3.09. The van der Waals surface area contributed by atoms with Crippen LogP contribution < -0.4 is 5.32 Å². The highest BCUT2D eigenvalue weighted by molar-refractivity contribution is 6.12. The number of ether oxygens (including phenoxy) is 2. The van der Waals surface area contributed by atoms with Crippen molar-refractivity contribution in [2.75, 3.05) is 13.7 Å². The Morgan fingerprint density at radius 2 is 1.90 bits per heavy atom. The number of aromatic hydroxyl groups is 1. The molecule has 2 aliphatic rings. The summed E-state index contributed by atoms with van der Waals surface area (Å²) in [6.45, 7) is 5.78. The van der Waals surface area contributed by atoms with Crippen molar-refractivity contribution >= 4 is 17.7 Å². The summed E-state index contributed by atoms with van der Waals surface area (Å²) in [5.74, 6) is -3.22. The van der Waals surface area contributed by atoms with Crippen LogP contribution in [0, 0.1) is 11.8 Å². The van der Waals surface area contributed by atoms with Gasteiger partial charge >= 0.3 is 11.9 Å². The quantitative estimate of drug-likeness (QED) is 0.565. The van der Waals surface area contributed by atoms with E-state index in [9.17, 15) is 19.5 Å². The van der Waals surface area contributed by atoms with Crippen molar-refractivity contribution in [1.29, 1.82) is 0 Å². The number of ketones is 1. The van der Waals surface area contributed by atoms with Crippen LogP contribution in [0.2, 0.25) is 0 Å². The zero-order chi connectivity index (χ0) is 22.0. The average Bonchev–Trinajstić information content (AvgIpc) is 2.71. The zero-order valence-electron chi connectivity index (χ0n) is 17.7. The summed E-state index contributed by atoms with van der Waals surface area (Å²) in [6.07, 6.45) is 1.15. The molecule has 0 fully saturated rings. The second kappa shape index (κ2) is 8.73. The van der Waals surface area contributed by atoms with Crippen molar-refractivity contribution in [3.8, 4) is 5.75 Å². The number of hydrogen-bond donors (Lipinski definition) is 2. The standard InChI is InChI=1S/C23H27NO6/c1-5-10-30-23(28)18-13(3)24-16-11-12(2)17(22(27)29-4)21(26)20(16)19(18)14-6-8-15(25)9-7-14/h6-9,12,17,19,24-25H,5,10-11H2,1-4H3/t12-,17-,19+/m1/s1. The van der Waals surface area contributed by atoms with E-state index >= 15 is 0 Å². The van der Waals surface area contributed by atoms with Crippen molar-refractivity contribution in [2.45, 2.75) is 39.5 Å². The average molecular weight is 413 g/mol. The molecular formula is C23H27NO6. The van der Waals surface area contributed by atoms with E-state index in [-0.39, 0.29) is 24.1 Å². The van der Waals surface area contributed by atoms with Gasteiger partial charge in [0, 0.05) is 22.9 Å². The van der Waals surface area contributed by atoms with Crippen LogP contribution in [0.3, 0.4) is 0 Å². The van der Waals surface area contributed by atoms with Gasteiger partial charge in [-0.05, 0) is 43.4 Å². The summed E-state index contributed by atoms with van der Waals surface area (Å²) in [7, 11) is 1.26. The molecule has 160 valence electrons. The number of allylic oxidation sites excluding steroid dienone is 3. The minimum absolute atomic E-state index is 0.0775. The lowest BCUT2D eigenvalue weighted by Gasteiger charge is -2.38. The molecule has 1 aliphatic heterocycles. The molecule has 0 bridgehead atoms. The predicted molar refractivity (Wildman–Crippen MR) is 109 cm³/mol. The van der Waals surface area contributed by atoms with E-state index in [4.69, 9.17) is 9.47 Å². The molecule has 0 radical (unpaired) electrons. The Balaban J connectivity index is 2.15. The van der Waals surface area contributed by atoms with Gasteiger partial charge in [-0.2, -0.15) is 0 Å². The largest absolute Gasteiger partial charge is 0.508 e. The Kier molecular flexibility index (Phi) is 6.29. The molecule has 0 unspecified atom stereocenters. The van der Waals surface area contributed by atoms with E-state index < -0.39 is 23.8 Å². The Bertz CT molecular complexity index is 928. The zero-order valence-corrected chi connectivity index (χ0v) is 17.7. The fourth-order valence-electron chi connectivity index (χ4n) is 4.22. The molecule has 2 N–H and O–H groups in total. The number of nitrogens with one attached hydrogen (secondary N) is 1. The number of carbonyl (C=O) groups excluding carboxylic acids is 3. The summed E-state index contributed by atoms with van der Waals surface area (Å²) < 4.78 is 10.3. The first-order chi connectivity index (χ1) is 14.3. The lowest BCUT2D eigenvalue weighted by molar-refractivity contribution is -0.151. The van der Waals surface area contributed by atoms with Crippen LogP contribution in [-0.4, -0.2) is 36.5 Å². The summed E-state index contributed by atoms with van der Waals surface area (Å²) in [5, 5.41) is 12.9. The minimum Gasteiger partial charge on any atom is -0.508 e. The fourth-order valence-corrected chi connectivity index (χ4v) is 4.22. The molecule has 0 amide bonds. The van der Waals surface area contributed by atoms with Gasteiger partial charge in [0.2, 0.25) is 0 Å². The van der Waals surface area contributed by atoms with Crippen LogP contribution in [0.25, 0.3) is 0 Å². The Labute approximate surface area is 175 Å². The maximum atomic E-state index is 13.5. The van der Waals surface area contributed by atoms with Crippen LogP contribution in [0.5, 0.6) is 5.75 Å². The highest BCUT2D eigenvalue weighted by Crippen LogP contribution is 2.45. The summed E-state index contributed by atoms with van der Waals surface area (Å²) in [5.41, 5.74) is 2.69. The summed E-state index contributed by atoms with van der Waals surface area (Å²) in [6, 6.07) is 6.37. The summed E-state index contributed by atoms with van der Waals surface area (Å²) >= 11 is 0. The molecular weight excluding hydrogens is 386 g/mol. The number of phenolic OH excluding ortho intramolecular Hbond substituents is 1. The van der Waals surface area contributed by atoms with Crippen LogP contribution >= 0.6 is 0 Å². The normalized spacial score (nSPS) is 23.6. The first kappa shape index (κ1) is 21.6. The first-order valence-corrected chi connectivity index (χ1v) is 10.1. The van der Waals surface area contributed by atoms with E-state index in [2.05, 4.69) is 5.32 Å². The second-order valence-corrected chi connectivity index (χ2v) is 7.76. The predicted octanol–water partition coefficient (Wildman–Crippen LogP) is 2.96. The lowest BCUT2D eigenvalue weighted by atomic mass is 9.69. The van der Waals surface area contributed by atoms with Gasteiger partial charge in [-0.15, -0.1) is 0 Å². The van der Waals surface area contributed by atoms with Crippen molar-refractivity contribution < 1.29 is 29.0 Å². The molecule has 0 saturated heterocycles. The Morgan fingerprint density at radius 3 is 2.50 bits per heavy atom. The third-order valence-electron chi connectivity index (χ3n) is 5.63. The number of methoxy groups -OCH3 is 1. The SMILES string of the molecule is CCCOC(=O)C1=C(C)NC2=C(C(=O)[C@H](C(=O)OC)[C@H](C)C2)[C@H]1c1ccc(O)cc1. The molecule has 0 saturated carbocycles. The van der Waals surface area contributed by atoms with Crippen LogP contribution in [0.1, 0.15) is 45.1 Å².